The van der Waals surface area contributed by atoms with Crippen LogP contribution in [0.5, 0.6) is 5.75 Å². The number of ether oxygens (including phenoxy) is 2. The van der Waals surface area contributed by atoms with Crippen LogP contribution >= 0.6 is 0 Å². The third-order valence-electron chi connectivity index (χ3n) is 4.17. The fourth-order valence-corrected chi connectivity index (χ4v) is 2.60. The molecule has 3 rings (SSSR count). The molecule has 2 aromatic carbocycles. The Morgan fingerprint density at radius 1 is 0.926 bits per heavy atom. The molecule has 0 radical (unpaired) electrons. The largest absolute Gasteiger partial charge is 0.497 e. The van der Waals surface area contributed by atoms with E-state index in [1.165, 1.54) is 6.92 Å². The Morgan fingerprint density at radius 2 is 1.63 bits per heavy atom. The molecule has 1 aromatic heterocycles. The molecule has 0 amide bonds. The zero-order chi connectivity index (χ0) is 19.2. The predicted octanol–water partition coefficient (Wildman–Crippen LogP) is 4.56. The second-order valence-electron chi connectivity index (χ2n) is 6.03. The first-order valence-electron chi connectivity index (χ1n) is 8.58. The van der Waals surface area contributed by atoms with Gasteiger partial charge >= 0.3 is 5.97 Å². The van der Waals surface area contributed by atoms with Gasteiger partial charge in [0.1, 0.15) is 11.5 Å². The number of esters is 1. The maximum absolute atomic E-state index is 12.1. The quantitative estimate of drug-likeness (QED) is 0.454. The van der Waals surface area contributed by atoms with Crippen LogP contribution in [0.1, 0.15) is 33.4 Å². The van der Waals surface area contributed by atoms with Gasteiger partial charge in [-0.25, -0.2) is 4.79 Å². The average Bonchev–Trinajstić information content (AvgIpc) is 3.19. The molecule has 3 aromatic rings. The van der Waals surface area contributed by atoms with Crippen LogP contribution in [0.15, 0.2) is 65.1 Å². The van der Waals surface area contributed by atoms with Crippen molar-refractivity contribution in [2.24, 2.45) is 0 Å². The van der Waals surface area contributed by atoms with Gasteiger partial charge in [-0.2, -0.15) is 0 Å². The van der Waals surface area contributed by atoms with Crippen molar-refractivity contribution < 1.29 is 23.5 Å². The summed E-state index contributed by atoms with van der Waals surface area (Å²) in [5.41, 5.74) is 2.47. The standard InChI is InChI=1S/C22H20O5/c1-15(23)17-5-7-18(8-6-17)20-11-12-21(27-20)22(24)26-14-13-16-3-9-19(25-2)10-4-16/h3-12H,13-14H2,1-2H3. The lowest BCUT2D eigenvalue weighted by atomic mass is 10.1. The van der Waals surface area contributed by atoms with E-state index in [0.29, 0.717) is 17.7 Å². The third kappa shape index (κ3) is 4.64. The number of carbonyl (C=O) groups excluding carboxylic acids is 2. The first-order chi connectivity index (χ1) is 13.1. The molecule has 0 aliphatic rings. The zero-order valence-electron chi connectivity index (χ0n) is 15.2. The van der Waals surface area contributed by atoms with Gasteiger partial charge < -0.3 is 13.9 Å². The summed E-state index contributed by atoms with van der Waals surface area (Å²) in [6.45, 7) is 1.77. The molecule has 0 bridgehead atoms. The van der Waals surface area contributed by atoms with Gasteiger partial charge in [-0.3, -0.25) is 4.79 Å². The van der Waals surface area contributed by atoms with E-state index in [4.69, 9.17) is 13.9 Å². The Labute approximate surface area is 157 Å². The van der Waals surface area contributed by atoms with Gasteiger partial charge in [-0.05, 0) is 36.8 Å². The Hall–Kier alpha value is -3.34. The maximum atomic E-state index is 12.1. The number of Topliss-reactive ketones (excluding diaryl/α,β-unsaturated/α-hetero) is 1. The lowest BCUT2D eigenvalue weighted by Crippen LogP contribution is -2.07. The molecular weight excluding hydrogens is 344 g/mol. The average molecular weight is 364 g/mol. The second kappa shape index (κ2) is 8.36. The highest BCUT2D eigenvalue weighted by molar-refractivity contribution is 5.94. The van der Waals surface area contributed by atoms with Crippen molar-refractivity contribution in [1.29, 1.82) is 0 Å². The van der Waals surface area contributed by atoms with Crippen LogP contribution in [-0.2, 0) is 11.2 Å². The predicted molar refractivity (Wildman–Crippen MR) is 101 cm³/mol. The molecule has 0 spiro atoms. The molecule has 0 aliphatic heterocycles. The van der Waals surface area contributed by atoms with E-state index >= 15 is 0 Å². The van der Waals surface area contributed by atoms with E-state index in [1.807, 2.05) is 24.3 Å². The first-order valence-corrected chi connectivity index (χ1v) is 8.58. The van der Waals surface area contributed by atoms with E-state index in [9.17, 15) is 9.59 Å². The van der Waals surface area contributed by atoms with Crippen molar-refractivity contribution in [3.8, 4) is 17.1 Å². The highest BCUT2D eigenvalue weighted by Crippen LogP contribution is 2.23. The minimum absolute atomic E-state index is 0.00196. The van der Waals surface area contributed by atoms with Crippen LogP contribution in [0.3, 0.4) is 0 Å². The van der Waals surface area contributed by atoms with E-state index in [-0.39, 0.29) is 18.2 Å². The van der Waals surface area contributed by atoms with Crippen LogP contribution in [0, 0.1) is 0 Å². The number of carbonyl (C=O) groups is 2. The number of furan rings is 1. The molecule has 0 atom stereocenters. The summed E-state index contributed by atoms with van der Waals surface area (Å²) < 4.78 is 16.0. The summed E-state index contributed by atoms with van der Waals surface area (Å²) in [5.74, 6) is 0.981. The second-order valence-corrected chi connectivity index (χ2v) is 6.03. The maximum Gasteiger partial charge on any atom is 0.374 e. The zero-order valence-corrected chi connectivity index (χ0v) is 15.2. The molecule has 138 valence electrons. The normalized spacial score (nSPS) is 10.4. The lowest BCUT2D eigenvalue weighted by molar-refractivity contribution is 0.0474. The molecule has 5 nitrogen and oxygen atoms in total. The summed E-state index contributed by atoms with van der Waals surface area (Å²) in [6.07, 6.45) is 0.607. The topological polar surface area (TPSA) is 65.7 Å². The Kier molecular flexibility index (Phi) is 5.71. The van der Waals surface area contributed by atoms with E-state index < -0.39 is 5.97 Å². The fraction of sp³-hybridized carbons (Fsp3) is 0.182. The molecule has 1 heterocycles. The molecule has 0 unspecified atom stereocenters. The first kappa shape index (κ1) is 18.5. The summed E-state index contributed by atoms with van der Waals surface area (Å²) in [6, 6.07) is 17.9. The molecular formula is C22H20O5. The minimum Gasteiger partial charge on any atom is -0.497 e. The number of rotatable bonds is 7. The van der Waals surface area contributed by atoms with Crippen molar-refractivity contribution in [2.75, 3.05) is 13.7 Å². The Bertz CT molecular complexity index is 920. The van der Waals surface area contributed by atoms with Crippen molar-refractivity contribution in [3.63, 3.8) is 0 Å². The van der Waals surface area contributed by atoms with Crippen molar-refractivity contribution in [2.45, 2.75) is 13.3 Å². The number of ketones is 1. The van der Waals surface area contributed by atoms with Crippen LogP contribution in [0.2, 0.25) is 0 Å². The van der Waals surface area contributed by atoms with Gasteiger partial charge in [-0.1, -0.05) is 36.4 Å². The van der Waals surface area contributed by atoms with Gasteiger partial charge in [0.05, 0.1) is 13.7 Å². The summed E-state index contributed by atoms with van der Waals surface area (Å²) in [7, 11) is 1.62. The lowest BCUT2D eigenvalue weighted by Gasteiger charge is -2.05. The Balaban J connectivity index is 1.56. The van der Waals surface area contributed by atoms with Crippen LogP contribution in [0.4, 0.5) is 0 Å². The van der Waals surface area contributed by atoms with Gasteiger partial charge in [-0.15, -0.1) is 0 Å². The smallest absolute Gasteiger partial charge is 0.374 e. The molecule has 0 aliphatic carbocycles. The number of methoxy groups -OCH3 is 1. The molecule has 0 saturated heterocycles. The van der Waals surface area contributed by atoms with Gasteiger partial charge in [0.2, 0.25) is 5.76 Å². The molecule has 0 saturated carbocycles. The van der Waals surface area contributed by atoms with E-state index in [1.54, 1.807) is 43.5 Å². The number of hydrogen-bond donors (Lipinski definition) is 0. The van der Waals surface area contributed by atoms with Crippen LogP contribution in [-0.4, -0.2) is 25.5 Å². The highest BCUT2D eigenvalue weighted by Gasteiger charge is 2.14. The highest BCUT2D eigenvalue weighted by atomic mass is 16.5. The van der Waals surface area contributed by atoms with Crippen LogP contribution in [0.25, 0.3) is 11.3 Å². The molecule has 0 fully saturated rings. The third-order valence-corrected chi connectivity index (χ3v) is 4.17. The van der Waals surface area contributed by atoms with E-state index in [0.717, 1.165) is 16.9 Å². The number of hydrogen-bond acceptors (Lipinski definition) is 5. The van der Waals surface area contributed by atoms with Crippen LogP contribution < -0.4 is 4.74 Å². The number of benzene rings is 2. The van der Waals surface area contributed by atoms with Gasteiger partial charge in [0, 0.05) is 17.5 Å². The molecule has 0 N–H and O–H groups in total. The Morgan fingerprint density at radius 3 is 2.26 bits per heavy atom. The molecule has 5 heteroatoms. The monoisotopic (exact) mass is 364 g/mol. The van der Waals surface area contributed by atoms with Gasteiger partial charge in [0.25, 0.3) is 0 Å². The van der Waals surface area contributed by atoms with Gasteiger partial charge in [0.15, 0.2) is 5.78 Å². The summed E-state index contributed by atoms with van der Waals surface area (Å²) >= 11 is 0. The van der Waals surface area contributed by atoms with E-state index in [2.05, 4.69) is 0 Å². The van der Waals surface area contributed by atoms with Crippen molar-refractivity contribution >= 4 is 11.8 Å². The summed E-state index contributed by atoms with van der Waals surface area (Å²) in [4.78, 5) is 23.5. The molecule has 27 heavy (non-hydrogen) atoms. The SMILES string of the molecule is COc1ccc(CCOC(=O)c2ccc(-c3ccc(C(C)=O)cc3)o2)cc1. The minimum atomic E-state index is -0.505. The van der Waals surface area contributed by atoms with Crippen molar-refractivity contribution in [3.05, 3.63) is 77.6 Å². The summed E-state index contributed by atoms with van der Waals surface area (Å²) in [5, 5.41) is 0. The fourth-order valence-electron chi connectivity index (χ4n) is 2.60. The van der Waals surface area contributed by atoms with Crippen molar-refractivity contribution in [1.82, 2.24) is 0 Å².